The van der Waals surface area contributed by atoms with Crippen LogP contribution in [0.15, 0.2) is 0 Å². The fourth-order valence-corrected chi connectivity index (χ4v) is 2.73. The van der Waals surface area contributed by atoms with Crippen LogP contribution in [-0.4, -0.2) is 23.9 Å². The zero-order valence-electron chi connectivity index (χ0n) is 10.0. The third kappa shape index (κ3) is 2.53. The number of carbonyl (C=O) groups is 1. The molecule has 0 saturated heterocycles. The van der Waals surface area contributed by atoms with Crippen LogP contribution in [0.5, 0.6) is 0 Å². The summed E-state index contributed by atoms with van der Waals surface area (Å²) in [7, 11) is 2.00. The summed E-state index contributed by atoms with van der Waals surface area (Å²) in [6.45, 7) is 2.21. The van der Waals surface area contributed by atoms with Gasteiger partial charge < -0.3 is 4.90 Å². The van der Waals surface area contributed by atoms with Gasteiger partial charge in [-0.05, 0) is 38.5 Å². The SMILES string of the molecule is C[C@@H](C1CC1)N(C)C(=O)C1CCCCC1. The molecule has 2 heteroatoms. The zero-order chi connectivity index (χ0) is 10.8. The van der Waals surface area contributed by atoms with Gasteiger partial charge in [0.15, 0.2) is 0 Å². The molecule has 15 heavy (non-hydrogen) atoms. The molecule has 0 N–H and O–H groups in total. The van der Waals surface area contributed by atoms with Gasteiger partial charge in [-0.1, -0.05) is 19.3 Å². The summed E-state index contributed by atoms with van der Waals surface area (Å²) in [4.78, 5) is 14.2. The van der Waals surface area contributed by atoms with Crippen LogP contribution >= 0.6 is 0 Å². The van der Waals surface area contributed by atoms with Crippen LogP contribution in [0.4, 0.5) is 0 Å². The van der Waals surface area contributed by atoms with E-state index < -0.39 is 0 Å². The van der Waals surface area contributed by atoms with Crippen LogP contribution in [0.1, 0.15) is 51.9 Å². The highest BCUT2D eigenvalue weighted by molar-refractivity contribution is 5.79. The molecule has 0 aromatic rings. The molecule has 0 heterocycles. The Morgan fingerprint density at radius 3 is 2.27 bits per heavy atom. The topological polar surface area (TPSA) is 20.3 Å². The van der Waals surface area contributed by atoms with E-state index in [4.69, 9.17) is 0 Å². The Bertz CT molecular complexity index is 229. The first-order valence-electron chi connectivity index (χ1n) is 6.47. The highest BCUT2D eigenvalue weighted by Gasteiger charge is 2.34. The van der Waals surface area contributed by atoms with Crippen LogP contribution in [0.2, 0.25) is 0 Å². The van der Waals surface area contributed by atoms with Gasteiger partial charge in [-0.15, -0.1) is 0 Å². The van der Waals surface area contributed by atoms with Gasteiger partial charge in [0.05, 0.1) is 0 Å². The second kappa shape index (κ2) is 4.54. The highest BCUT2D eigenvalue weighted by Crippen LogP contribution is 2.36. The molecular formula is C13H23NO. The molecule has 1 atom stereocenters. The minimum Gasteiger partial charge on any atom is -0.343 e. The van der Waals surface area contributed by atoms with Crippen molar-refractivity contribution >= 4 is 5.91 Å². The Morgan fingerprint density at radius 2 is 1.73 bits per heavy atom. The normalized spacial score (nSPS) is 24.9. The van der Waals surface area contributed by atoms with Crippen LogP contribution in [0.3, 0.4) is 0 Å². The van der Waals surface area contributed by atoms with Crippen LogP contribution in [0.25, 0.3) is 0 Å². The summed E-state index contributed by atoms with van der Waals surface area (Å²) < 4.78 is 0. The third-order valence-electron chi connectivity index (χ3n) is 4.22. The lowest BCUT2D eigenvalue weighted by Gasteiger charge is -2.30. The Balaban J connectivity index is 1.87. The molecule has 0 radical (unpaired) electrons. The molecule has 2 aliphatic carbocycles. The summed E-state index contributed by atoms with van der Waals surface area (Å²) >= 11 is 0. The number of carbonyl (C=O) groups excluding carboxylic acids is 1. The number of nitrogens with zero attached hydrogens (tertiary/aromatic N) is 1. The third-order valence-corrected chi connectivity index (χ3v) is 4.22. The lowest BCUT2D eigenvalue weighted by atomic mass is 9.88. The first-order chi connectivity index (χ1) is 7.20. The molecule has 0 spiro atoms. The molecule has 2 nitrogen and oxygen atoms in total. The molecular weight excluding hydrogens is 186 g/mol. The maximum Gasteiger partial charge on any atom is 0.225 e. The van der Waals surface area contributed by atoms with Crippen molar-refractivity contribution in [2.75, 3.05) is 7.05 Å². The molecule has 2 rings (SSSR count). The van der Waals surface area contributed by atoms with Gasteiger partial charge >= 0.3 is 0 Å². The largest absolute Gasteiger partial charge is 0.343 e. The lowest BCUT2D eigenvalue weighted by molar-refractivity contribution is -0.137. The fraction of sp³-hybridized carbons (Fsp3) is 0.923. The Labute approximate surface area is 93.0 Å². The molecule has 0 aliphatic heterocycles. The summed E-state index contributed by atoms with van der Waals surface area (Å²) in [5.74, 6) is 1.54. The lowest BCUT2D eigenvalue weighted by Crippen LogP contribution is -2.40. The van der Waals surface area contributed by atoms with E-state index in [1.807, 2.05) is 11.9 Å². The first kappa shape index (κ1) is 11.0. The number of hydrogen-bond acceptors (Lipinski definition) is 1. The Kier molecular flexibility index (Phi) is 3.32. The predicted molar refractivity (Wildman–Crippen MR) is 61.5 cm³/mol. The number of rotatable bonds is 3. The standard InChI is InChI=1S/C13H23NO/c1-10(11-8-9-11)14(2)13(15)12-6-4-3-5-7-12/h10-12H,3-9H2,1-2H3/t10-/m0/s1. The van der Waals surface area contributed by atoms with Crippen LogP contribution < -0.4 is 0 Å². The highest BCUT2D eigenvalue weighted by atomic mass is 16.2. The Hall–Kier alpha value is -0.530. The molecule has 0 aromatic heterocycles. The average molecular weight is 209 g/mol. The van der Waals surface area contributed by atoms with E-state index in [0.29, 0.717) is 17.9 Å². The summed E-state index contributed by atoms with van der Waals surface area (Å²) in [5, 5.41) is 0. The van der Waals surface area contributed by atoms with Crippen molar-refractivity contribution in [2.45, 2.75) is 57.9 Å². The number of hydrogen-bond donors (Lipinski definition) is 0. The van der Waals surface area contributed by atoms with Gasteiger partial charge in [-0.2, -0.15) is 0 Å². The van der Waals surface area contributed by atoms with Gasteiger partial charge in [-0.3, -0.25) is 4.79 Å². The van der Waals surface area contributed by atoms with E-state index in [2.05, 4.69) is 6.92 Å². The molecule has 0 bridgehead atoms. The predicted octanol–water partition coefficient (Wildman–Crippen LogP) is 2.82. The quantitative estimate of drug-likeness (QED) is 0.700. The smallest absolute Gasteiger partial charge is 0.225 e. The molecule has 2 saturated carbocycles. The maximum absolute atomic E-state index is 12.2. The minimum absolute atomic E-state index is 0.338. The summed E-state index contributed by atoms with van der Waals surface area (Å²) in [5.41, 5.74) is 0. The fourth-order valence-electron chi connectivity index (χ4n) is 2.73. The van der Waals surface area contributed by atoms with Gasteiger partial charge in [0.1, 0.15) is 0 Å². The van der Waals surface area contributed by atoms with Crippen molar-refractivity contribution in [1.29, 1.82) is 0 Å². The second-order valence-corrected chi connectivity index (χ2v) is 5.36. The maximum atomic E-state index is 12.2. The molecule has 1 amide bonds. The number of amides is 1. The summed E-state index contributed by atoms with van der Waals surface area (Å²) in [6, 6.07) is 0.472. The van der Waals surface area contributed by atoms with E-state index in [1.54, 1.807) is 0 Å². The molecule has 2 fully saturated rings. The minimum atomic E-state index is 0.338. The van der Waals surface area contributed by atoms with E-state index in [9.17, 15) is 4.79 Å². The second-order valence-electron chi connectivity index (χ2n) is 5.36. The van der Waals surface area contributed by atoms with E-state index >= 15 is 0 Å². The molecule has 86 valence electrons. The van der Waals surface area contributed by atoms with Crippen LogP contribution in [-0.2, 0) is 4.79 Å². The van der Waals surface area contributed by atoms with Crippen molar-refractivity contribution in [3.63, 3.8) is 0 Å². The van der Waals surface area contributed by atoms with Crippen molar-refractivity contribution < 1.29 is 4.79 Å². The van der Waals surface area contributed by atoms with Gasteiger partial charge in [0, 0.05) is 19.0 Å². The van der Waals surface area contributed by atoms with Gasteiger partial charge in [0.2, 0.25) is 5.91 Å². The van der Waals surface area contributed by atoms with Crippen molar-refractivity contribution in [1.82, 2.24) is 4.90 Å². The molecule has 2 aliphatic rings. The van der Waals surface area contributed by atoms with E-state index in [0.717, 1.165) is 18.8 Å². The first-order valence-corrected chi connectivity index (χ1v) is 6.47. The van der Waals surface area contributed by atoms with Gasteiger partial charge in [0.25, 0.3) is 0 Å². The van der Waals surface area contributed by atoms with Crippen molar-refractivity contribution in [2.24, 2.45) is 11.8 Å². The average Bonchev–Trinajstić information content (AvgIpc) is 3.11. The Morgan fingerprint density at radius 1 is 1.13 bits per heavy atom. The van der Waals surface area contributed by atoms with E-state index in [-0.39, 0.29) is 0 Å². The van der Waals surface area contributed by atoms with E-state index in [1.165, 1.54) is 32.1 Å². The molecule has 0 aromatic carbocycles. The molecule has 0 unspecified atom stereocenters. The van der Waals surface area contributed by atoms with Crippen molar-refractivity contribution in [3.05, 3.63) is 0 Å². The zero-order valence-corrected chi connectivity index (χ0v) is 10.0. The van der Waals surface area contributed by atoms with Crippen LogP contribution in [0, 0.1) is 11.8 Å². The monoisotopic (exact) mass is 209 g/mol. The van der Waals surface area contributed by atoms with Gasteiger partial charge in [-0.25, -0.2) is 0 Å². The summed E-state index contributed by atoms with van der Waals surface area (Å²) in [6.07, 6.45) is 8.73. The van der Waals surface area contributed by atoms with Crippen molar-refractivity contribution in [3.8, 4) is 0 Å².